The summed E-state index contributed by atoms with van der Waals surface area (Å²) in [6, 6.07) is 13.2. The summed E-state index contributed by atoms with van der Waals surface area (Å²) >= 11 is 0. The van der Waals surface area contributed by atoms with Crippen molar-refractivity contribution in [1.82, 2.24) is 9.88 Å². The van der Waals surface area contributed by atoms with Crippen LogP contribution >= 0.6 is 0 Å². The molecule has 1 atom stereocenters. The number of hydrogen-bond donors (Lipinski definition) is 1. The summed E-state index contributed by atoms with van der Waals surface area (Å²) < 4.78 is 10.9. The molecular formula is C20H25N3O3. The number of likely N-dealkylation sites (tertiary alicyclic amines) is 1. The minimum atomic E-state index is -0.107. The molecule has 1 N–H and O–H groups in total. The van der Waals surface area contributed by atoms with E-state index < -0.39 is 0 Å². The smallest absolute Gasteiger partial charge is 0.322 e. The third-order valence-corrected chi connectivity index (χ3v) is 4.33. The second-order valence-electron chi connectivity index (χ2n) is 6.11. The molecule has 0 saturated carbocycles. The van der Waals surface area contributed by atoms with Gasteiger partial charge >= 0.3 is 6.03 Å². The number of anilines is 1. The van der Waals surface area contributed by atoms with E-state index in [1.807, 2.05) is 54.3 Å². The van der Waals surface area contributed by atoms with Gasteiger partial charge in [0.25, 0.3) is 0 Å². The van der Waals surface area contributed by atoms with Crippen molar-refractivity contribution in [3.63, 3.8) is 0 Å². The first-order valence-corrected chi connectivity index (χ1v) is 9.07. The molecule has 138 valence electrons. The van der Waals surface area contributed by atoms with Crippen LogP contribution in [0.15, 0.2) is 48.7 Å². The normalized spacial score (nSPS) is 16.5. The third kappa shape index (κ3) is 4.73. The van der Waals surface area contributed by atoms with Gasteiger partial charge in [0.2, 0.25) is 0 Å². The third-order valence-electron chi connectivity index (χ3n) is 4.33. The number of nitrogens with one attached hydrogen (secondary N) is 1. The summed E-state index contributed by atoms with van der Waals surface area (Å²) in [6.07, 6.45) is 3.69. The lowest BCUT2D eigenvalue weighted by Gasteiger charge is -2.24. The fourth-order valence-corrected chi connectivity index (χ4v) is 3.11. The number of carbonyl (C=O) groups is 1. The maximum atomic E-state index is 12.7. The molecule has 2 amide bonds. The zero-order valence-corrected chi connectivity index (χ0v) is 15.1. The lowest BCUT2D eigenvalue weighted by Crippen LogP contribution is -2.34. The molecule has 0 aliphatic carbocycles. The lowest BCUT2D eigenvalue weighted by atomic mass is 10.1. The van der Waals surface area contributed by atoms with Crippen molar-refractivity contribution < 1.29 is 14.3 Å². The van der Waals surface area contributed by atoms with Crippen molar-refractivity contribution in [2.75, 3.05) is 31.7 Å². The fourth-order valence-electron chi connectivity index (χ4n) is 3.11. The van der Waals surface area contributed by atoms with E-state index in [4.69, 9.17) is 9.47 Å². The van der Waals surface area contributed by atoms with E-state index in [9.17, 15) is 4.79 Å². The van der Waals surface area contributed by atoms with Crippen molar-refractivity contribution >= 4 is 11.7 Å². The predicted octanol–water partition coefficient (Wildman–Crippen LogP) is 3.87. The molecular weight excluding hydrogens is 330 g/mol. The van der Waals surface area contributed by atoms with Crippen LogP contribution in [0.2, 0.25) is 0 Å². The number of urea groups is 1. The van der Waals surface area contributed by atoms with Crippen LogP contribution in [-0.4, -0.2) is 42.3 Å². The van der Waals surface area contributed by atoms with Gasteiger partial charge in [0, 0.05) is 31.1 Å². The molecule has 1 aliphatic heterocycles. The standard InChI is InChI=1S/C20H25N3O3/c1-2-25-13-14-26-17-8-5-7-16(15-17)22-20(24)23-12-6-10-19(23)18-9-3-4-11-21-18/h3-5,7-9,11,15,19H,2,6,10,12-14H2,1H3,(H,22,24)/t19-/m1/s1. The number of rotatable bonds is 7. The van der Waals surface area contributed by atoms with Gasteiger partial charge < -0.3 is 19.7 Å². The molecule has 3 rings (SSSR count). The average Bonchev–Trinajstić information content (AvgIpc) is 3.16. The summed E-state index contributed by atoms with van der Waals surface area (Å²) in [5.74, 6) is 0.713. The molecule has 0 radical (unpaired) electrons. The highest BCUT2D eigenvalue weighted by atomic mass is 16.5. The maximum Gasteiger partial charge on any atom is 0.322 e. The van der Waals surface area contributed by atoms with Crippen LogP contribution in [0.3, 0.4) is 0 Å². The van der Waals surface area contributed by atoms with Gasteiger partial charge in [0.05, 0.1) is 18.3 Å². The number of carbonyl (C=O) groups excluding carboxylic acids is 1. The van der Waals surface area contributed by atoms with E-state index in [0.29, 0.717) is 25.6 Å². The second kappa shape index (κ2) is 9.20. The molecule has 1 saturated heterocycles. The molecule has 0 unspecified atom stereocenters. The summed E-state index contributed by atoms with van der Waals surface area (Å²) in [4.78, 5) is 19.0. The number of amides is 2. The van der Waals surface area contributed by atoms with Crippen LogP contribution in [0.25, 0.3) is 0 Å². The predicted molar refractivity (Wildman–Crippen MR) is 100 cm³/mol. The van der Waals surface area contributed by atoms with E-state index in [0.717, 1.165) is 30.8 Å². The molecule has 1 aliphatic rings. The largest absolute Gasteiger partial charge is 0.491 e. The molecule has 2 heterocycles. The zero-order valence-electron chi connectivity index (χ0n) is 15.1. The first-order valence-electron chi connectivity index (χ1n) is 9.07. The zero-order chi connectivity index (χ0) is 18.2. The van der Waals surface area contributed by atoms with Crippen molar-refractivity contribution in [2.45, 2.75) is 25.8 Å². The average molecular weight is 355 g/mol. The number of hydrogen-bond acceptors (Lipinski definition) is 4. The fraction of sp³-hybridized carbons (Fsp3) is 0.400. The lowest BCUT2D eigenvalue weighted by molar-refractivity contribution is 0.110. The minimum absolute atomic E-state index is 0.0295. The highest BCUT2D eigenvalue weighted by Gasteiger charge is 2.30. The van der Waals surface area contributed by atoms with E-state index in [1.165, 1.54) is 0 Å². The Kier molecular flexibility index (Phi) is 6.44. The second-order valence-corrected chi connectivity index (χ2v) is 6.11. The van der Waals surface area contributed by atoms with Gasteiger partial charge in [-0.1, -0.05) is 12.1 Å². The van der Waals surface area contributed by atoms with Crippen LogP contribution in [0, 0.1) is 0 Å². The number of nitrogens with zero attached hydrogens (tertiary/aromatic N) is 2. The quantitative estimate of drug-likeness (QED) is 0.766. The first kappa shape index (κ1) is 18.2. The summed E-state index contributed by atoms with van der Waals surface area (Å²) in [6.45, 7) is 4.39. The molecule has 6 heteroatoms. The van der Waals surface area contributed by atoms with Crippen LogP contribution in [0.1, 0.15) is 31.5 Å². The summed E-state index contributed by atoms with van der Waals surface area (Å²) in [5.41, 5.74) is 1.66. The van der Waals surface area contributed by atoms with Gasteiger partial charge in [0.15, 0.2) is 0 Å². The molecule has 2 aromatic rings. The monoisotopic (exact) mass is 355 g/mol. The van der Waals surface area contributed by atoms with Crippen molar-refractivity contribution in [1.29, 1.82) is 0 Å². The molecule has 1 fully saturated rings. The topological polar surface area (TPSA) is 63.7 Å². The molecule has 6 nitrogen and oxygen atoms in total. The summed E-state index contributed by atoms with van der Waals surface area (Å²) in [5, 5.41) is 2.97. The van der Waals surface area contributed by atoms with E-state index in [2.05, 4.69) is 10.3 Å². The Balaban J connectivity index is 1.60. The van der Waals surface area contributed by atoms with Crippen molar-refractivity contribution in [3.05, 3.63) is 54.4 Å². The molecule has 1 aromatic carbocycles. The van der Waals surface area contributed by atoms with Crippen molar-refractivity contribution in [2.24, 2.45) is 0 Å². The van der Waals surface area contributed by atoms with Crippen LogP contribution in [0.5, 0.6) is 5.75 Å². The minimum Gasteiger partial charge on any atom is -0.491 e. The van der Waals surface area contributed by atoms with Gasteiger partial charge in [-0.15, -0.1) is 0 Å². The number of aromatic nitrogens is 1. The Morgan fingerprint density at radius 2 is 2.19 bits per heavy atom. The summed E-state index contributed by atoms with van der Waals surface area (Å²) in [7, 11) is 0. The Bertz CT molecular complexity index is 708. The maximum absolute atomic E-state index is 12.7. The molecule has 0 spiro atoms. The van der Waals surface area contributed by atoms with Crippen LogP contribution in [-0.2, 0) is 4.74 Å². The molecule has 1 aromatic heterocycles. The number of ether oxygens (including phenoxy) is 2. The van der Waals surface area contributed by atoms with E-state index in [1.54, 1.807) is 6.20 Å². The highest BCUT2D eigenvalue weighted by Crippen LogP contribution is 2.31. The molecule has 26 heavy (non-hydrogen) atoms. The Labute approximate surface area is 154 Å². The molecule has 0 bridgehead atoms. The van der Waals surface area contributed by atoms with Gasteiger partial charge in [-0.3, -0.25) is 4.98 Å². The highest BCUT2D eigenvalue weighted by molar-refractivity contribution is 5.90. The Hall–Kier alpha value is -2.60. The Morgan fingerprint density at radius 3 is 3.00 bits per heavy atom. The van der Waals surface area contributed by atoms with Crippen LogP contribution in [0.4, 0.5) is 10.5 Å². The van der Waals surface area contributed by atoms with Gasteiger partial charge in [-0.25, -0.2) is 4.79 Å². The van der Waals surface area contributed by atoms with Gasteiger partial charge in [0.1, 0.15) is 12.4 Å². The number of pyridine rings is 1. The number of benzene rings is 1. The van der Waals surface area contributed by atoms with Gasteiger partial charge in [-0.2, -0.15) is 0 Å². The first-order chi connectivity index (χ1) is 12.8. The van der Waals surface area contributed by atoms with Crippen molar-refractivity contribution in [3.8, 4) is 5.75 Å². The Morgan fingerprint density at radius 1 is 1.27 bits per heavy atom. The van der Waals surface area contributed by atoms with E-state index in [-0.39, 0.29) is 12.1 Å². The SMILES string of the molecule is CCOCCOc1cccc(NC(=O)N2CCC[C@@H]2c2ccccn2)c1. The van der Waals surface area contributed by atoms with Gasteiger partial charge in [-0.05, 0) is 44.0 Å². The van der Waals surface area contributed by atoms with Crippen LogP contribution < -0.4 is 10.1 Å². The van der Waals surface area contributed by atoms with E-state index >= 15 is 0 Å².